The van der Waals surface area contributed by atoms with Gasteiger partial charge in [0.1, 0.15) is 0 Å². The molecule has 0 fully saturated rings. The molecule has 2 N–H and O–H groups in total. The maximum absolute atomic E-state index is 10.8. The summed E-state index contributed by atoms with van der Waals surface area (Å²) in [5.41, 5.74) is 0.824. The molecule has 0 aliphatic rings. The van der Waals surface area contributed by atoms with Crippen LogP contribution in [0.4, 0.5) is 0 Å². The normalized spacial score (nSPS) is 10.5. The maximum Gasteiger partial charge on any atom is 0.355 e. The van der Waals surface area contributed by atoms with Gasteiger partial charge in [-0.2, -0.15) is 0 Å². The Morgan fingerprint density at radius 3 is 3.08 bits per heavy atom. The van der Waals surface area contributed by atoms with Crippen molar-refractivity contribution in [3.63, 3.8) is 0 Å². The molecule has 2 aromatic rings. The SMILES string of the molecule is O=C(O)c1nccc2[nH]cc(Br)c12. The fourth-order valence-electron chi connectivity index (χ4n) is 1.20. The van der Waals surface area contributed by atoms with Gasteiger partial charge in [-0.05, 0) is 22.0 Å². The average Bonchev–Trinajstić information content (AvgIpc) is 2.48. The number of halogens is 1. The number of nitrogens with one attached hydrogen (secondary N) is 1. The molecule has 2 aromatic heterocycles. The molecule has 5 heteroatoms. The maximum atomic E-state index is 10.8. The van der Waals surface area contributed by atoms with Crippen LogP contribution in [0.25, 0.3) is 10.9 Å². The van der Waals surface area contributed by atoms with Crippen LogP contribution >= 0.6 is 15.9 Å². The largest absolute Gasteiger partial charge is 0.476 e. The number of carboxylic acid groups (broad SMARTS) is 1. The van der Waals surface area contributed by atoms with Crippen LogP contribution in [0.2, 0.25) is 0 Å². The van der Waals surface area contributed by atoms with Gasteiger partial charge >= 0.3 is 5.97 Å². The van der Waals surface area contributed by atoms with E-state index < -0.39 is 5.97 Å². The van der Waals surface area contributed by atoms with Gasteiger partial charge < -0.3 is 10.1 Å². The number of nitrogens with zero attached hydrogens (tertiary/aromatic N) is 1. The first-order valence-corrected chi connectivity index (χ1v) is 4.34. The van der Waals surface area contributed by atoms with Crippen LogP contribution in [-0.4, -0.2) is 21.0 Å². The van der Waals surface area contributed by atoms with Gasteiger partial charge in [-0.1, -0.05) is 0 Å². The van der Waals surface area contributed by atoms with Crippen molar-refractivity contribution in [2.45, 2.75) is 0 Å². The second-order valence-electron chi connectivity index (χ2n) is 2.52. The van der Waals surface area contributed by atoms with Crippen molar-refractivity contribution in [2.75, 3.05) is 0 Å². The minimum atomic E-state index is -1.02. The van der Waals surface area contributed by atoms with E-state index in [9.17, 15) is 4.79 Å². The lowest BCUT2D eigenvalue weighted by Gasteiger charge is -1.95. The fourth-order valence-corrected chi connectivity index (χ4v) is 1.72. The number of aromatic nitrogens is 2. The summed E-state index contributed by atoms with van der Waals surface area (Å²) in [5.74, 6) is -1.02. The average molecular weight is 241 g/mol. The predicted octanol–water partition coefficient (Wildman–Crippen LogP) is 2.02. The van der Waals surface area contributed by atoms with Crippen LogP contribution in [-0.2, 0) is 0 Å². The minimum absolute atomic E-state index is 0.0608. The zero-order chi connectivity index (χ0) is 9.42. The summed E-state index contributed by atoms with van der Waals surface area (Å²) >= 11 is 3.25. The molecule has 0 amide bonds. The van der Waals surface area contributed by atoms with Crippen LogP contribution < -0.4 is 0 Å². The van der Waals surface area contributed by atoms with E-state index >= 15 is 0 Å². The molecule has 4 nitrogen and oxygen atoms in total. The van der Waals surface area contributed by atoms with E-state index in [-0.39, 0.29) is 5.69 Å². The summed E-state index contributed by atoms with van der Waals surface area (Å²) in [6.07, 6.45) is 3.16. The molecule has 0 aromatic carbocycles. The Balaban J connectivity index is 2.88. The topological polar surface area (TPSA) is 66.0 Å². The third-order valence-electron chi connectivity index (χ3n) is 1.75. The second kappa shape index (κ2) is 2.85. The fraction of sp³-hybridized carbons (Fsp3) is 0. The van der Waals surface area contributed by atoms with Crippen LogP contribution in [0.3, 0.4) is 0 Å². The molecule has 0 bridgehead atoms. The van der Waals surface area contributed by atoms with E-state index in [1.165, 1.54) is 6.20 Å². The number of H-pyrrole nitrogens is 1. The summed E-state index contributed by atoms with van der Waals surface area (Å²) < 4.78 is 0.716. The smallest absolute Gasteiger partial charge is 0.355 e. The Kier molecular flexibility index (Phi) is 1.81. The van der Waals surface area contributed by atoms with Crippen molar-refractivity contribution < 1.29 is 9.90 Å². The third kappa shape index (κ3) is 1.21. The van der Waals surface area contributed by atoms with E-state index in [0.717, 1.165) is 5.52 Å². The molecule has 2 heterocycles. The van der Waals surface area contributed by atoms with Crippen molar-refractivity contribution in [1.29, 1.82) is 0 Å². The summed E-state index contributed by atoms with van der Waals surface area (Å²) in [5, 5.41) is 9.43. The third-order valence-corrected chi connectivity index (χ3v) is 2.37. The Morgan fingerprint density at radius 1 is 1.62 bits per heavy atom. The van der Waals surface area contributed by atoms with Crippen molar-refractivity contribution in [3.05, 3.63) is 28.6 Å². The van der Waals surface area contributed by atoms with Crippen molar-refractivity contribution in [3.8, 4) is 0 Å². The van der Waals surface area contributed by atoms with Crippen molar-refractivity contribution in [2.24, 2.45) is 0 Å². The molecule has 0 unspecified atom stereocenters. The lowest BCUT2D eigenvalue weighted by molar-refractivity contribution is 0.0693. The number of pyridine rings is 1. The minimum Gasteiger partial charge on any atom is -0.476 e. The number of aromatic carboxylic acids is 1. The number of aromatic amines is 1. The molecule has 0 spiro atoms. The summed E-state index contributed by atoms with van der Waals surface area (Å²) in [6, 6.07) is 1.73. The van der Waals surface area contributed by atoms with Gasteiger partial charge in [0.15, 0.2) is 5.69 Å². The van der Waals surface area contributed by atoms with Crippen LogP contribution in [0.15, 0.2) is 22.9 Å². The zero-order valence-corrected chi connectivity index (χ0v) is 8.00. The van der Waals surface area contributed by atoms with Gasteiger partial charge in [0.05, 0.1) is 5.52 Å². The first kappa shape index (κ1) is 8.25. The van der Waals surface area contributed by atoms with E-state index in [4.69, 9.17) is 5.11 Å². The number of carbonyl (C=O) groups is 1. The molecule has 0 radical (unpaired) electrons. The molecular weight excluding hydrogens is 236 g/mol. The van der Waals surface area contributed by atoms with Crippen LogP contribution in [0.1, 0.15) is 10.5 Å². The molecule has 0 atom stereocenters. The van der Waals surface area contributed by atoms with Gasteiger partial charge in [-0.25, -0.2) is 9.78 Å². The molecule has 0 aliphatic heterocycles. The number of carboxylic acids is 1. The first-order chi connectivity index (χ1) is 6.20. The number of hydrogen-bond acceptors (Lipinski definition) is 2. The number of fused-ring (bicyclic) bond motifs is 1. The molecular formula is C8H5BrN2O2. The van der Waals surface area contributed by atoms with Gasteiger partial charge in [0, 0.05) is 22.3 Å². The van der Waals surface area contributed by atoms with Gasteiger partial charge in [0.25, 0.3) is 0 Å². The van der Waals surface area contributed by atoms with E-state index in [0.29, 0.717) is 9.86 Å². The standard InChI is InChI=1S/C8H5BrN2O2/c9-4-3-11-5-1-2-10-7(6(4)5)8(12)13/h1-3,11H,(H,12,13). The Hall–Kier alpha value is -1.36. The van der Waals surface area contributed by atoms with Gasteiger partial charge in [0.2, 0.25) is 0 Å². The zero-order valence-electron chi connectivity index (χ0n) is 6.41. The second-order valence-corrected chi connectivity index (χ2v) is 3.38. The highest BCUT2D eigenvalue weighted by Crippen LogP contribution is 2.25. The Morgan fingerprint density at radius 2 is 2.38 bits per heavy atom. The molecule has 66 valence electrons. The summed E-state index contributed by atoms with van der Waals surface area (Å²) in [6.45, 7) is 0. The van der Waals surface area contributed by atoms with Crippen molar-refractivity contribution in [1.82, 2.24) is 9.97 Å². The lowest BCUT2D eigenvalue weighted by atomic mass is 10.2. The highest BCUT2D eigenvalue weighted by Gasteiger charge is 2.13. The highest BCUT2D eigenvalue weighted by atomic mass is 79.9. The molecule has 13 heavy (non-hydrogen) atoms. The van der Waals surface area contributed by atoms with Crippen molar-refractivity contribution >= 4 is 32.8 Å². The number of hydrogen-bond donors (Lipinski definition) is 2. The van der Waals surface area contributed by atoms with Crippen LogP contribution in [0, 0.1) is 0 Å². The van der Waals surface area contributed by atoms with E-state index in [1.807, 2.05) is 0 Å². The summed E-state index contributed by atoms with van der Waals surface area (Å²) in [7, 11) is 0. The molecule has 2 rings (SSSR count). The molecule has 0 saturated heterocycles. The predicted molar refractivity (Wildman–Crippen MR) is 50.8 cm³/mol. The first-order valence-electron chi connectivity index (χ1n) is 3.55. The Labute approximate surface area is 81.7 Å². The van der Waals surface area contributed by atoms with Gasteiger partial charge in [-0.15, -0.1) is 0 Å². The quantitative estimate of drug-likeness (QED) is 0.802. The highest BCUT2D eigenvalue weighted by molar-refractivity contribution is 9.10. The molecule has 0 saturated carbocycles. The monoisotopic (exact) mass is 240 g/mol. The molecule has 0 aliphatic carbocycles. The van der Waals surface area contributed by atoms with E-state index in [1.54, 1.807) is 12.3 Å². The number of rotatable bonds is 1. The van der Waals surface area contributed by atoms with Gasteiger partial charge in [-0.3, -0.25) is 0 Å². The van der Waals surface area contributed by atoms with Crippen LogP contribution in [0.5, 0.6) is 0 Å². The Bertz CT molecular complexity index is 478. The lowest BCUT2D eigenvalue weighted by Crippen LogP contribution is -2.00. The van der Waals surface area contributed by atoms with E-state index in [2.05, 4.69) is 25.9 Å². The summed E-state index contributed by atoms with van der Waals surface area (Å²) in [4.78, 5) is 17.5.